The largest absolute Gasteiger partial charge is 0.474 e. The van der Waals surface area contributed by atoms with Crippen LogP contribution in [-0.4, -0.2) is 121 Å². The van der Waals surface area contributed by atoms with Gasteiger partial charge < -0.3 is 34.2 Å². The smallest absolute Gasteiger partial charge is 0.238 e. The summed E-state index contributed by atoms with van der Waals surface area (Å²) in [5.74, 6) is -0.153. The first-order valence-electron chi connectivity index (χ1n) is 28.1. The second-order valence-corrected chi connectivity index (χ2v) is 22.9. The van der Waals surface area contributed by atoms with Gasteiger partial charge in [0.2, 0.25) is 35.4 Å². The molecule has 6 fully saturated rings. The molecular weight excluding hydrogens is 964 g/mol. The number of piperidine rings is 4. The van der Waals surface area contributed by atoms with Gasteiger partial charge in [0.25, 0.3) is 0 Å². The molecule has 5 amide bonds. The summed E-state index contributed by atoms with van der Waals surface area (Å²) in [7, 11) is 0. The van der Waals surface area contributed by atoms with E-state index in [1.165, 1.54) is 25.3 Å². The van der Waals surface area contributed by atoms with Crippen LogP contribution in [0, 0.1) is 17.7 Å². The zero-order valence-corrected chi connectivity index (χ0v) is 43.7. The molecule has 2 saturated carbocycles. The molecule has 5 aromatic rings. The molecule has 0 unspecified atom stereocenters. The molecule has 1 atom stereocenters. The molecule has 7 aliphatic rings. The number of halogens is 1. The summed E-state index contributed by atoms with van der Waals surface area (Å²) in [6.07, 6.45) is 15.0. The number of nitrogens with one attached hydrogen (secondary N) is 2. The van der Waals surface area contributed by atoms with Crippen molar-refractivity contribution in [2.75, 3.05) is 49.5 Å². The minimum Gasteiger partial charge on any atom is -0.474 e. The number of rotatable bonds is 11. The van der Waals surface area contributed by atoms with E-state index in [9.17, 15) is 19.2 Å². The maximum atomic E-state index is 15.3. The van der Waals surface area contributed by atoms with Crippen molar-refractivity contribution in [1.82, 2.24) is 39.5 Å². The Morgan fingerprint density at radius 3 is 2.21 bits per heavy atom. The number of anilines is 3. The maximum absolute atomic E-state index is 15.3. The molecule has 0 bridgehead atoms. The minimum atomic E-state index is -0.746. The number of fused-ring (bicyclic) bond motifs is 3. The zero-order chi connectivity index (χ0) is 52.2. The van der Waals surface area contributed by atoms with Gasteiger partial charge in [-0.1, -0.05) is 36.8 Å². The number of likely N-dealkylation sites (tertiary alicyclic amines) is 3. The van der Waals surface area contributed by atoms with E-state index in [0.717, 1.165) is 85.0 Å². The molecule has 12 rings (SSSR count). The number of aromatic nitrogens is 4. The molecule has 8 heterocycles. The fraction of sp³-hybridized carbons (Fsp3) is 0.525. The Morgan fingerprint density at radius 2 is 1.51 bits per heavy atom. The Kier molecular flexibility index (Phi) is 13.6. The standard InChI is InChI=1S/C59H69FN10O6/c1-36(2)69-35-62-49-33-48(64-54(53(49)69)63-47-9-5-4-8-46(47)60)39-12-17-45-50(30-39)70(42-31-41(32-42)66-24-6-3-7-25-66)58(75)59(45)22-28-68(29-23-59)57(74)38-20-26-67(27-21-38)56(73)37-10-14-43(15-11-37)76-52-19-13-40(34-61-52)44-16-18-51(71)65-55(44)72/h4-5,8-9,12-13,17,19,30,33-38,41-44H,3,6-7,10-11,14-16,18,20-29,31-32H2,1-2H3,(H,63,64)(H,65,71,72)/t37?,41?,42?,43?,44-/m1/s1. The number of para-hydroxylation sites is 1. The first kappa shape index (κ1) is 50.1. The van der Waals surface area contributed by atoms with Gasteiger partial charge >= 0.3 is 0 Å². The maximum Gasteiger partial charge on any atom is 0.238 e. The van der Waals surface area contributed by atoms with Gasteiger partial charge in [-0.2, -0.15) is 0 Å². The number of carbonyl (C=O) groups excluding carboxylic acids is 5. The normalized spacial score (nSPS) is 25.2. The molecule has 0 radical (unpaired) electrons. The summed E-state index contributed by atoms with van der Waals surface area (Å²) < 4.78 is 23.4. The van der Waals surface area contributed by atoms with E-state index in [4.69, 9.17) is 14.7 Å². The van der Waals surface area contributed by atoms with Gasteiger partial charge in [-0.25, -0.2) is 19.3 Å². The second kappa shape index (κ2) is 20.7. The second-order valence-electron chi connectivity index (χ2n) is 22.9. The topological polar surface area (TPSA) is 175 Å². The molecule has 76 heavy (non-hydrogen) atoms. The van der Waals surface area contributed by atoms with Gasteiger partial charge in [-0.05, 0) is 146 Å². The molecular formula is C59H69FN10O6. The lowest BCUT2D eigenvalue weighted by Crippen LogP contribution is -2.58. The highest BCUT2D eigenvalue weighted by atomic mass is 19.1. The van der Waals surface area contributed by atoms with Crippen LogP contribution in [0.25, 0.3) is 22.3 Å². The summed E-state index contributed by atoms with van der Waals surface area (Å²) in [5.41, 5.74) is 5.33. The zero-order valence-electron chi connectivity index (χ0n) is 43.7. The highest BCUT2D eigenvalue weighted by Crippen LogP contribution is 2.52. The first-order chi connectivity index (χ1) is 36.9. The van der Waals surface area contributed by atoms with E-state index in [2.05, 4.69) is 57.5 Å². The number of carbonyl (C=O) groups is 5. The summed E-state index contributed by atoms with van der Waals surface area (Å²) in [5, 5.41) is 5.68. The Morgan fingerprint density at radius 1 is 0.789 bits per heavy atom. The average molecular weight is 1030 g/mol. The van der Waals surface area contributed by atoms with Crippen molar-refractivity contribution in [2.24, 2.45) is 11.8 Å². The van der Waals surface area contributed by atoms with Crippen LogP contribution in [0.5, 0.6) is 5.88 Å². The van der Waals surface area contributed by atoms with Crippen LogP contribution >= 0.6 is 0 Å². The van der Waals surface area contributed by atoms with E-state index in [0.29, 0.717) is 93.8 Å². The predicted molar refractivity (Wildman–Crippen MR) is 285 cm³/mol. The number of hydrogen-bond donors (Lipinski definition) is 2. The van der Waals surface area contributed by atoms with Gasteiger partial charge in [-0.3, -0.25) is 29.3 Å². The van der Waals surface area contributed by atoms with Crippen molar-refractivity contribution in [3.8, 4) is 17.1 Å². The fourth-order valence-corrected chi connectivity index (χ4v) is 13.6. The molecule has 3 aromatic heterocycles. The van der Waals surface area contributed by atoms with Crippen LogP contribution < -0.4 is 20.3 Å². The SMILES string of the molecule is CC(C)n1cnc2cc(-c3ccc4c(c3)N(C3CC(N5CCCCC5)C3)C(=O)C43CCN(C(=O)C4CCN(C(=O)C5CCC(Oc6ccc([C@H]7CCC(=O)NC7=O)cn6)CC5)CC4)CC3)nc(Nc3ccccc3F)c21. The molecule has 1 spiro atoms. The third-order valence-corrected chi connectivity index (χ3v) is 18.1. The van der Waals surface area contributed by atoms with Crippen LogP contribution in [0.4, 0.5) is 21.6 Å². The Labute approximate surface area is 443 Å². The Bertz CT molecular complexity index is 3030. The third kappa shape index (κ3) is 9.39. The van der Waals surface area contributed by atoms with Crippen LogP contribution in [0.15, 0.2) is 73.2 Å². The molecule has 2 N–H and O–H groups in total. The lowest BCUT2D eigenvalue weighted by atomic mass is 9.73. The predicted octanol–water partition coefficient (Wildman–Crippen LogP) is 8.58. The number of benzene rings is 2. The lowest BCUT2D eigenvalue weighted by Gasteiger charge is -2.48. The molecule has 2 aromatic carbocycles. The lowest BCUT2D eigenvalue weighted by molar-refractivity contribution is -0.145. The first-order valence-corrected chi connectivity index (χ1v) is 28.1. The monoisotopic (exact) mass is 1030 g/mol. The van der Waals surface area contributed by atoms with E-state index < -0.39 is 11.3 Å². The molecule has 17 heteroatoms. The Balaban J connectivity index is 0.699. The number of hydrogen-bond acceptors (Lipinski definition) is 11. The van der Waals surface area contributed by atoms with Crippen molar-refractivity contribution >= 4 is 57.8 Å². The summed E-state index contributed by atoms with van der Waals surface area (Å²) in [6, 6.07) is 19.1. The van der Waals surface area contributed by atoms with Crippen LogP contribution in [-0.2, 0) is 29.4 Å². The van der Waals surface area contributed by atoms with Crippen LogP contribution in [0.1, 0.15) is 133 Å². The molecule has 398 valence electrons. The quantitative estimate of drug-likeness (QED) is 0.121. The van der Waals surface area contributed by atoms with Crippen LogP contribution in [0.2, 0.25) is 0 Å². The molecule has 2 aliphatic carbocycles. The molecule has 5 aliphatic heterocycles. The van der Waals surface area contributed by atoms with Crippen molar-refractivity contribution < 1.29 is 33.1 Å². The Hall–Kier alpha value is -6.75. The van der Waals surface area contributed by atoms with Crippen molar-refractivity contribution in [3.05, 3.63) is 90.1 Å². The van der Waals surface area contributed by atoms with Gasteiger partial charge in [-0.15, -0.1) is 0 Å². The van der Waals surface area contributed by atoms with Gasteiger partial charge in [0.1, 0.15) is 17.4 Å². The molecule has 16 nitrogen and oxygen atoms in total. The van der Waals surface area contributed by atoms with Gasteiger partial charge in [0.15, 0.2) is 5.82 Å². The molecule has 4 saturated heterocycles. The minimum absolute atomic E-state index is 0.0567. The van der Waals surface area contributed by atoms with Crippen molar-refractivity contribution in [1.29, 1.82) is 0 Å². The van der Waals surface area contributed by atoms with Crippen LogP contribution in [0.3, 0.4) is 0 Å². The van der Waals surface area contributed by atoms with Crippen molar-refractivity contribution in [2.45, 2.75) is 146 Å². The number of imidazole rings is 1. The highest BCUT2D eigenvalue weighted by Gasteiger charge is 2.56. The average Bonchev–Trinajstić information content (AvgIpc) is 4.00. The van der Waals surface area contributed by atoms with E-state index >= 15 is 9.18 Å². The van der Waals surface area contributed by atoms with Crippen molar-refractivity contribution in [3.63, 3.8) is 0 Å². The fourth-order valence-electron chi connectivity index (χ4n) is 13.6. The van der Waals surface area contributed by atoms with E-state index in [-0.39, 0.29) is 65.4 Å². The number of amides is 5. The van der Waals surface area contributed by atoms with E-state index in [1.807, 2.05) is 26.5 Å². The number of imide groups is 1. The van der Waals surface area contributed by atoms with Gasteiger partial charge in [0, 0.05) is 86.1 Å². The summed E-state index contributed by atoms with van der Waals surface area (Å²) >= 11 is 0. The summed E-state index contributed by atoms with van der Waals surface area (Å²) in [4.78, 5) is 90.4. The van der Waals surface area contributed by atoms with Gasteiger partial charge in [0.05, 0.1) is 34.6 Å². The summed E-state index contributed by atoms with van der Waals surface area (Å²) in [6.45, 7) is 8.48. The number of pyridine rings is 2. The number of nitrogens with zero attached hydrogens (tertiary/aromatic N) is 8. The third-order valence-electron chi connectivity index (χ3n) is 18.1. The van der Waals surface area contributed by atoms with E-state index in [1.54, 1.807) is 36.8 Å². The highest BCUT2D eigenvalue weighted by molar-refractivity contribution is 6.09. The number of ether oxygens (including phenoxy) is 1.